The highest BCUT2D eigenvalue weighted by Crippen LogP contribution is 2.49. The van der Waals surface area contributed by atoms with E-state index < -0.39 is 35.5 Å². The molecule has 2 atom stereocenters. The summed E-state index contributed by atoms with van der Waals surface area (Å²) in [6, 6.07) is 11.1. The number of nitrogens with one attached hydrogen (secondary N) is 1. The van der Waals surface area contributed by atoms with Gasteiger partial charge in [-0.05, 0) is 48.9 Å². The molecule has 12 heteroatoms. The van der Waals surface area contributed by atoms with Crippen molar-refractivity contribution < 1.29 is 23.1 Å². The van der Waals surface area contributed by atoms with Crippen molar-refractivity contribution in [1.29, 1.82) is 5.26 Å². The van der Waals surface area contributed by atoms with Gasteiger partial charge < -0.3 is 15.3 Å². The van der Waals surface area contributed by atoms with Crippen LogP contribution >= 0.6 is 0 Å². The van der Waals surface area contributed by atoms with Crippen LogP contribution in [0.2, 0.25) is 0 Å². The number of aromatic nitrogens is 3. The van der Waals surface area contributed by atoms with Crippen LogP contribution < -0.4 is 11.0 Å². The molecule has 0 aliphatic carbocycles. The van der Waals surface area contributed by atoms with Crippen molar-refractivity contribution in [3.63, 3.8) is 0 Å². The van der Waals surface area contributed by atoms with E-state index in [1.807, 2.05) is 0 Å². The van der Waals surface area contributed by atoms with E-state index in [2.05, 4.69) is 16.4 Å². The first-order chi connectivity index (χ1) is 17.7. The molecule has 0 spiro atoms. The topological polar surface area (TPSA) is 116 Å². The summed E-state index contributed by atoms with van der Waals surface area (Å²) in [5.74, 6) is -0.344. The number of fused-ring (bicyclic) bond motifs is 6. The van der Waals surface area contributed by atoms with Crippen LogP contribution in [0.25, 0.3) is 16.6 Å². The molecule has 2 bridgehead atoms. The normalized spacial score (nSPS) is 18.2. The van der Waals surface area contributed by atoms with Crippen molar-refractivity contribution >= 4 is 22.6 Å². The molecule has 0 radical (unpaired) electrons. The molecule has 2 aromatic heterocycles. The summed E-state index contributed by atoms with van der Waals surface area (Å²) in [4.78, 5) is 32.1. The second-order valence-electron chi connectivity index (χ2n) is 8.91. The molecule has 1 fully saturated rings. The number of halogens is 3. The lowest BCUT2D eigenvalue weighted by Crippen LogP contribution is -2.40. The molecule has 9 nitrogen and oxygen atoms in total. The average molecular weight is 506 g/mol. The predicted molar refractivity (Wildman–Crippen MR) is 125 cm³/mol. The zero-order valence-corrected chi connectivity index (χ0v) is 18.9. The summed E-state index contributed by atoms with van der Waals surface area (Å²) < 4.78 is 41.7. The summed E-state index contributed by atoms with van der Waals surface area (Å²) in [6.07, 6.45) is -2.63. The second kappa shape index (κ2) is 7.86. The molecule has 4 heterocycles. The fourth-order valence-electron chi connectivity index (χ4n) is 5.30. The van der Waals surface area contributed by atoms with Gasteiger partial charge in [0.15, 0.2) is 0 Å². The zero-order valence-electron chi connectivity index (χ0n) is 18.9. The van der Waals surface area contributed by atoms with Crippen LogP contribution in [0.3, 0.4) is 0 Å². The highest BCUT2D eigenvalue weighted by atomic mass is 19.4. The molecule has 2 N–H and O–H groups in total. The lowest BCUT2D eigenvalue weighted by Gasteiger charge is -2.28. The smallest absolute Gasteiger partial charge is 0.416 e. The van der Waals surface area contributed by atoms with E-state index in [0.29, 0.717) is 28.6 Å². The quantitative estimate of drug-likeness (QED) is 0.420. The van der Waals surface area contributed by atoms with E-state index >= 15 is 0 Å². The van der Waals surface area contributed by atoms with Crippen molar-refractivity contribution in [3.8, 4) is 17.6 Å². The third kappa shape index (κ3) is 3.35. The minimum atomic E-state index is -4.55. The van der Waals surface area contributed by atoms with E-state index in [4.69, 9.17) is 0 Å². The molecule has 0 unspecified atom stereocenters. The number of rotatable bonds is 2. The number of imidazole rings is 1. The number of carbonyl (C=O) groups is 1. The number of benzene rings is 2. The first-order valence-corrected chi connectivity index (χ1v) is 11.3. The van der Waals surface area contributed by atoms with E-state index in [1.54, 1.807) is 18.2 Å². The number of hydrogen-bond donors (Lipinski definition) is 2. The number of urea groups is 1. The van der Waals surface area contributed by atoms with Crippen molar-refractivity contribution in [1.82, 2.24) is 19.0 Å². The Morgan fingerprint density at radius 2 is 2.00 bits per heavy atom. The first kappa shape index (κ1) is 22.7. The first-order valence-electron chi connectivity index (χ1n) is 11.3. The Labute approximate surface area is 206 Å². The fourth-order valence-corrected chi connectivity index (χ4v) is 5.30. The van der Waals surface area contributed by atoms with Gasteiger partial charge in [0.05, 0.1) is 34.4 Å². The zero-order chi connectivity index (χ0) is 26.1. The van der Waals surface area contributed by atoms with Gasteiger partial charge in [-0.3, -0.25) is 9.55 Å². The number of hydrogen-bond acceptors (Lipinski definition) is 5. The summed E-state index contributed by atoms with van der Waals surface area (Å²) >= 11 is 0. The maximum Gasteiger partial charge on any atom is 0.416 e. The largest absolute Gasteiger partial charge is 0.493 e. The van der Waals surface area contributed by atoms with Crippen LogP contribution in [0.15, 0.2) is 59.5 Å². The minimum Gasteiger partial charge on any atom is -0.493 e. The van der Waals surface area contributed by atoms with Crippen molar-refractivity contribution in [2.24, 2.45) is 0 Å². The molecule has 0 saturated carbocycles. The number of likely N-dealkylation sites (tertiary alicyclic amines) is 1. The third-order valence-electron chi connectivity index (χ3n) is 6.87. The van der Waals surface area contributed by atoms with Gasteiger partial charge in [-0.25, -0.2) is 14.2 Å². The molecule has 4 aromatic rings. The van der Waals surface area contributed by atoms with E-state index in [9.17, 15) is 33.1 Å². The Kier molecular flexibility index (Phi) is 4.81. The molecule has 37 heavy (non-hydrogen) atoms. The maximum atomic E-state index is 13.4. The number of alkyl halides is 3. The average Bonchev–Trinajstić information content (AvgIpc) is 3.54. The second-order valence-corrected chi connectivity index (χ2v) is 8.91. The number of nitriles is 1. The third-order valence-corrected chi connectivity index (χ3v) is 6.87. The lowest BCUT2D eigenvalue weighted by atomic mass is 10.1. The van der Waals surface area contributed by atoms with Gasteiger partial charge in [0.25, 0.3) is 0 Å². The lowest BCUT2D eigenvalue weighted by molar-refractivity contribution is -0.137. The number of amides is 2. The Morgan fingerprint density at radius 3 is 2.76 bits per heavy atom. The summed E-state index contributed by atoms with van der Waals surface area (Å²) in [5.41, 5.74) is -0.110. The van der Waals surface area contributed by atoms with Crippen molar-refractivity contribution in [3.05, 3.63) is 82.0 Å². The van der Waals surface area contributed by atoms with Crippen LogP contribution in [0, 0.1) is 11.3 Å². The highest BCUT2D eigenvalue weighted by molar-refractivity contribution is 5.92. The maximum absolute atomic E-state index is 13.4. The van der Waals surface area contributed by atoms with Crippen LogP contribution in [0.5, 0.6) is 5.88 Å². The number of aromatic hydroxyl groups is 1. The van der Waals surface area contributed by atoms with Crippen molar-refractivity contribution in [2.45, 2.75) is 24.7 Å². The van der Waals surface area contributed by atoms with Gasteiger partial charge in [0.2, 0.25) is 5.88 Å². The predicted octanol–water partition coefficient (Wildman–Crippen LogP) is 4.32. The van der Waals surface area contributed by atoms with Crippen LogP contribution in [0.1, 0.15) is 35.3 Å². The molecule has 186 valence electrons. The summed E-state index contributed by atoms with van der Waals surface area (Å²) in [5, 5.41) is 23.6. The SMILES string of the molecule is N#Cc1ccc(-n2c(O)c3n(c2=O)[C@H]2C[C@@H]3N(C(=O)Nc3cccc(C(F)(F)F)c3)C2)c2cccnc12. The highest BCUT2D eigenvalue weighted by Gasteiger charge is 2.49. The Morgan fingerprint density at radius 1 is 1.19 bits per heavy atom. The standard InChI is InChI=1S/C25H17F3N6O3/c26-25(27,28)14-3-1-4-15(9-14)31-23(36)32-12-16-10-19(32)21-22(35)34(24(37)33(16)21)18-7-6-13(11-29)20-17(18)5-2-8-30-20/h1-9,16,19,35H,10,12H2,(H,31,36)/t16-,19-/m0/s1. The van der Waals surface area contributed by atoms with Crippen molar-refractivity contribution in [2.75, 3.05) is 11.9 Å². The Hall–Kier alpha value is -4.79. The van der Waals surface area contributed by atoms with Gasteiger partial charge in [-0.2, -0.15) is 18.4 Å². The number of carbonyl (C=O) groups excluding carboxylic acids is 1. The Balaban J connectivity index is 1.36. The summed E-state index contributed by atoms with van der Waals surface area (Å²) in [7, 11) is 0. The van der Waals surface area contributed by atoms with Crippen LogP contribution in [0.4, 0.5) is 23.7 Å². The van der Waals surface area contributed by atoms with Crippen LogP contribution in [-0.2, 0) is 6.18 Å². The molecule has 2 aliphatic rings. The van der Waals surface area contributed by atoms with E-state index in [0.717, 1.165) is 16.7 Å². The van der Waals surface area contributed by atoms with Gasteiger partial charge in [0, 0.05) is 23.8 Å². The Bertz CT molecular complexity index is 1700. The minimum absolute atomic E-state index is 0.0154. The van der Waals surface area contributed by atoms with Gasteiger partial charge in [-0.1, -0.05) is 6.07 Å². The van der Waals surface area contributed by atoms with Gasteiger partial charge >= 0.3 is 17.9 Å². The molecule has 2 aromatic carbocycles. The molecule has 2 aliphatic heterocycles. The monoisotopic (exact) mass is 506 g/mol. The van der Waals surface area contributed by atoms with E-state index in [-0.39, 0.29) is 23.8 Å². The summed E-state index contributed by atoms with van der Waals surface area (Å²) in [6.45, 7) is 0.154. The molecular weight excluding hydrogens is 489 g/mol. The molecular formula is C25H17F3N6O3. The number of pyridine rings is 1. The number of anilines is 1. The fraction of sp³-hybridized carbons (Fsp3) is 0.200. The van der Waals surface area contributed by atoms with Gasteiger partial charge in [0.1, 0.15) is 11.8 Å². The van der Waals surface area contributed by atoms with Crippen LogP contribution in [-0.4, -0.2) is 36.7 Å². The molecule has 2 amide bonds. The molecule has 6 rings (SSSR count). The van der Waals surface area contributed by atoms with E-state index in [1.165, 1.54) is 33.9 Å². The number of nitrogens with zero attached hydrogens (tertiary/aromatic N) is 5. The molecule has 1 saturated heterocycles. The van der Waals surface area contributed by atoms with Gasteiger partial charge in [-0.15, -0.1) is 0 Å².